The largest absolute Gasteiger partial charge is 0.497 e. The van der Waals surface area contributed by atoms with E-state index >= 15 is 0 Å². The van der Waals surface area contributed by atoms with Crippen molar-refractivity contribution in [2.45, 2.75) is 4.90 Å². The first-order valence-electron chi connectivity index (χ1n) is 4.71. The van der Waals surface area contributed by atoms with E-state index in [4.69, 9.17) is 4.74 Å². The highest BCUT2D eigenvalue weighted by atomic mass is 32.2. The topological polar surface area (TPSA) is 78.7 Å². The summed E-state index contributed by atoms with van der Waals surface area (Å²) in [5.41, 5.74) is -0.676. The predicted octanol–water partition coefficient (Wildman–Crippen LogP) is 2.01. The molecule has 0 N–H and O–H groups in total. The molecule has 0 amide bonds. The molecule has 0 saturated heterocycles. The van der Waals surface area contributed by atoms with E-state index in [-0.39, 0.29) is 16.4 Å². The van der Waals surface area contributed by atoms with Gasteiger partial charge in [-0.25, -0.2) is 0 Å². The van der Waals surface area contributed by atoms with Crippen molar-refractivity contribution >= 4 is 23.4 Å². The van der Waals surface area contributed by atoms with Crippen LogP contribution in [-0.2, 0) is 9.53 Å². The minimum absolute atomic E-state index is 0.0160. The second kappa shape index (κ2) is 6.20. The highest BCUT2D eigenvalue weighted by Gasteiger charge is 2.23. The van der Waals surface area contributed by atoms with E-state index in [0.717, 1.165) is 17.8 Å². The fraction of sp³-hybridized carbons (Fsp3) is 0.300. The number of nitro benzene ring substituents is 1. The van der Waals surface area contributed by atoms with Crippen LogP contribution in [0.15, 0.2) is 17.0 Å². The second-order valence-corrected chi connectivity index (χ2v) is 4.10. The summed E-state index contributed by atoms with van der Waals surface area (Å²) in [5.74, 6) is -1.57. The number of thioether (sulfide) groups is 1. The van der Waals surface area contributed by atoms with Crippen molar-refractivity contribution in [3.8, 4) is 5.75 Å². The molecule has 0 unspecified atom stereocenters. The molecule has 0 radical (unpaired) electrons. The summed E-state index contributed by atoms with van der Waals surface area (Å²) in [6.07, 6.45) is 0. The monoisotopic (exact) mass is 275 g/mol. The van der Waals surface area contributed by atoms with Gasteiger partial charge in [-0.2, -0.15) is 4.39 Å². The predicted molar refractivity (Wildman–Crippen MR) is 62.3 cm³/mol. The lowest BCUT2D eigenvalue weighted by Crippen LogP contribution is -2.04. The summed E-state index contributed by atoms with van der Waals surface area (Å²) in [4.78, 5) is 20.9. The van der Waals surface area contributed by atoms with E-state index < -0.39 is 22.4 Å². The van der Waals surface area contributed by atoms with Crippen molar-refractivity contribution in [1.82, 2.24) is 0 Å². The molecule has 98 valence electrons. The Kier molecular flexibility index (Phi) is 4.90. The summed E-state index contributed by atoms with van der Waals surface area (Å²) in [6.45, 7) is 0. The lowest BCUT2D eigenvalue weighted by molar-refractivity contribution is -0.390. The Morgan fingerprint density at radius 3 is 2.67 bits per heavy atom. The fourth-order valence-corrected chi connectivity index (χ4v) is 2.05. The van der Waals surface area contributed by atoms with Gasteiger partial charge in [0.1, 0.15) is 5.75 Å². The Bertz CT molecular complexity index is 480. The van der Waals surface area contributed by atoms with E-state index in [1.54, 1.807) is 0 Å². The normalized spacial score (nSPS) is 9.94. The molecule has 0 atom stereocenters. The number of halogens is 1. The summed E-state index contributed by atoms with van der Waals surface area (Å²) < 4.78 is 22.7. The van der Waals surface area contributed by atoms with Gasteiger partial charge in [-0.1, -0.05) is 0 Å². The van der Waals surface area contributed by atoms with Gasteiger partial charge in [-0.3, -0.25) is 14.9 Å². The standard InChI is InChI=1S/C10H10FNO5S/c1-16-6-3-7(11)10(12(14)15)8(4-6)18-5-9(13)17-2/h3-4H,5H2,1-2H3. The van der Waals surface area contributed by atoms with E-state index in [2.05, 4.69) is 4.74 Å². The fourth-order valence-electron chi connectivity index (χ4n) is 1.15. The smallest absolute Gasteiger partial charge is 0.318 e. The van der Waals surface area contributed by atoms with E-state index in [9.17, 15) is 19.3 Å². The van der Waals surface area contributed by atoms with Crippen LogP contribution in [0.1, 0.15) is 0 Å². The van der Waals surface area contributed by atoms with Crippen molar-refractivity contribution < 1.29 is 23.6 Å². The average molecular weight is 275 g/mol. The number of methoxy groups -OCH3 is 2. The molecular weight excluding hydrogens is 265 g/mol. The lowest BCUT2D eigenvalue weighted by atomic mass is 10.3. The maximum absolute atomic E-state index is 13.5. The molecule has 1 aromatic carbocycles. The molecule has 0 aliphatic heterocycles. The zero-order valence-corrected chi connectivity index (χ0v) is 10.5. The number of hydrogen-bond acceptors (Lipinski definition) is 6. The Morgan fingerprint density at radius 1 is 1.50 bits per heavy atom. The number of benzene rings is 1. The third kappa shape index (κ3) is 3.33. The molecule has 0 saturated carbocycles. The molecule has 1 aromatic rings. The summed E-state index contributed by atoms with van der Waals surface area (Å²) in [6, 6.07) is 2.22. The number of nitrogens with zero attached hydrogens (tertiary/aromatic N) is 1. The van der Waals surface area contributed by atoms with Gasteiger partial charge in [0.15, 0.2) is 0 Å². The number of esters is 1. The first-order valence-corrected chi connectivity index (χ1v) is 5.69. The Balaban J connectivity index is 3.09. The quantitative estimate of drug-likeness (QED) is 0.354. The van der Waals surface area contributed by atoms with Crippen LogP contribution in [0.3, 0.4) is 0 Å². The zero-order chi connectivity index (χ0) is 13.7. The van der Waals surface area contributed by atoms with Crippen molar-refractivity contribution in [2.24, 2.45) is 0 Å². The summed E-state index contributed by atoms with van der Waals surface area (Å²) in [7, 11) is 2.51. The molecule has 1 rings (SSSR count). The molecule has 0 spiro atoms. The number of ether oxygens (including phenoxy) is 2. The molecule has 0 aliphatic carbocycles. The van der Waals surface area contributed by atoms with Gasteiger partial charge in [0.05, 0.1) is 29.8 Å². The van der Waals surface area contributed by atoms with Gasteiger partial charge < -0.3 is 9.47 Å². The van der Waals surface area contributed by atoms with Crippen LogP contribution in [0.25, 0.3) is 0 Å². The highest BCUT2D eigenvalue weighted by molar-refractivity contribution is 8.00. The van der Waals surface area contributed by atoms with Crippen LogP contribution in [0.4, 0.5) is 10.1 Å². The van der Waals surface area contributed by atoms with E-state index in [1.165, 1.54) is 20.3 Å². The van der Waals surface area contributed by atoms with E-state index in [1.807, 2.05) is 0 Å². The molecule has 0 aromatic heterocycles. The van der Waals surface area contributed by atoms with Crippen LogP contribution in [0.2, 0.25) is 0 Å². The third-order valence-corrected chi connectivity index (χ3v) is 3.00. The van der Waals surface area contributed by atoms with Crippen molar-refractivity contribution in [3.05, 3.63) is 28.1 Å². The highest BCUT2D eigenvalue weighted by Crippen LogP contribution is 2.35. The van der Waals surface area contributed by atoms with Gasteiger partial charge in [0.2, 0.25) is 5.82 Å². The first kappa shape index (κ1) is 14.2. The number of carbonyl (C=O) groups is 1. The van der Waals surface area contributed by atoms with Gasteiger partial charge in [-0.15, -0.1) is 11.8 Å². The molecule has 8 heteroatoms. The van der Waals surface area contributed by atoms with Crippen LogP contribution >= 0.6 is 11.8 Å². The van der Waals surface area contributed by atoms with Gasteiger partial charge in [0.25, 0.3) is 0 Å². The molecule has 0 aliphatic rings. The first-order chi connectivity index (χ1) is 8.49. The number of carbonyl (C=O) groups excluding carboxylic acids is 1. The van der Waals surface area contributed by atoms with Crippen LogP contribution in [0.5, 0.6) is 5.75 Å². The zero-order valence-electron chi connectivity index (χ0n) is 9.64. The molecule has 6 nitrogen and oxygen atoms in total. The molecular formula is C10H10FNO5S. The minimum atomic E-state index is -1.01. The second-order valence-electron chi connectivity index (χ2n) is 3.08. The number of nitro groups is 1. The SMILES string of the molecule is COC(=O)CSc1cc(OC)cc(F)c1[N+](=O)[O-]. The maximum Gasteiger partial charge on any atom is 0.318 e. The van der Waals surface area contributed by atoms with Gasteiger partial charge in [-0.05, 0) is 0 Å². The van der Waals surface area contributed by atoms with Gasteiger partial charge in [0, 0.05) is 12.1 Å². The number of rotatable bonds is 5. The third-order valence-electron chi connectivity index (χ3n) is 1.99. The molecule has 0 bridgehead atoms. The van der Waals surface area contributed by atoms with Crippen molar-refractivity contribution in [3.63, 3.8) is 0 Å². The molecule has 0 heterocycles. The Labute approximate surface area is 106 Å². The Hall–Kier alpha value is -1.83. The maximum atomic E-state index is 13.5. The molecule has 0 fully saturated rings. The average Bonchev–Trinajstić information content (AvgIpc) is 2.34. The summed E-state index contributed by atoms with van der Waals surface area (Å²) in [5, 5.41) is 10.8. The summed E-state index contributed by atoms with van der Waals surface area (Å²) >= 11 is 0.816. The number of hydrogen-bond donors (Lipinski definition) is 0. The lowest BCUT2D eigenvalue weighted by Gasteiger charge is -2.06. The Morgan fingerprint density at radius 2 is 2.17 bits per heavy atom. The minimum Gasteiger partial charge on any atom is -0.497 e. The van der Waals surface area contributed by atoms with E-state index in [0.29, 0.717) is 0 Å². The van der Waals surface area contributed by atoms with Crippen molar-refractivity contribution in [1.29, 1.82) is 0 Å². The van der Waals surface area contributed by atoms with Crippen LogP contribution in [-0.4, -0.2) is 30.9 Å². The van der Waals surface area contributed by atoms with Crippen LogP contribution in [0, 0.1) is 15.9 Å². The van der Waals surface area contributed by atoms with Gasteiger partial charge >= 0.3 is 11.7 Å². The van der Waals surface area contributed by atoms with Crippen molar-refractivity contribution in [2.75, 3.05) is 20.0 Å². The van der Waals surface area contributed by atoms with Crippen LogP contribution < -0.4 is 4.74 Å². The molecule has 18 heavy (non-hydrogen) atoms.